The van der Waals surface area contributed by atoms with Gasteiger partial charge in [0.15, 0.2) is 0 Å². The number of amides is 2. The average Bonchev–Trinajstić information content (AvgIpc) is 3.47. The Bertz CT molecular complexity index is 1760. The van der Waals surface area contributed by atoms with Crippen LogP contribution in [0, 0.1) is 0 Å². The lowest BCUT2D eigenvalue weighted by Crippen LogP contribution is -2.45. The first kappa shape index (κ1) is 24.1. The van der Waals surface area contributed by atoms with Gasteiger partial charge in [-0.3, -0.25) is 14.5 Å². The van der Waals surface area contributed by atoms with Crippen molar-refractivity contribution in [1.82, 2.24) is 15.0 Å². The van der Waals surface area contributed by atoms with E-state index >= 15 is 0 Å². The zero-order valence-electron chi connectivity index (χ0n) is 21.1. The fourth-order valence-electron chi connectivity index (χ4n) is 5.90. The quantitative estimate of drug-likeness (QED) is 0.386. The fraction of sp³-hybridized carbons (Fsp3) is 0.167. The molecule has 40 heavy (non-hydrogen) atoms. The maximum absolute atomic E-state index is 14.7. The number of aromatic nitrogens is 3. The van der Waals surface area contributed by atoms with Crippen molar-refractivity contribution >= 4 is 40.4 Å². The van der Waals surface area contributed by atoms with Crippen LogP contribution in [-0.4, -0.2) is 39.2 Å². The topological polar surface area (TPSA) is 100 Å². The van der Waals surface area contributed by atoms with E-state index in [1.807, 2.05) is 30.3 Å². The third-order valence-corrected chi connectivity index (χ3v) is 7.90. The number of para-hydroxylation sites is 1. The van der Waals surface area contributed by atoms with E-state index in [0.29, 0.717) is 35.9 Å². The molecule has 0 saturated heterocycles. The highest BCUT2D eigenvalue weighted by Crippen LogP contribution is 2.47. The molecule has 0 saturated carbocycles. The van der Waals surface area contributed by atoms with E-state index in [-0.39, 0.29) is 22.7 Å². The van der Waals surface area contributed by atoms with Gasteiger partial charge in [0.2, 0.25) is 5.91 Å². The predicted octanol–water partition coefficient (Wildman–Crippen LogP) is 4.91. The number of carbonyl (C=O) groups is 2. The molecule has 4 aromatic rings. The standard InChI is InChI=1S/C30H22F2N6O2/c1-17-21-5-2-3-7-24(21)38(15-30(17,31)32)27(39)23-12-25(35-16-34-23)36-20-9-8-18-13-29(14-19(18)11-20)22-6-4-10-33-26(22)37-28(29)40/h2-12,16H,1,13-15H2,(H,33,37,40)(H,34,35,36). The number of halogens is 2. The number of pyridine rings is 1. The summed E-state index contributed by atoms with van der Waals surface area (Å²) in [6.45, 7) is 2.72. The number of carbonyl (C=O) groups excluding carboxylic acids is 2. The molecule has 7 rings (SSSR count). The minimum absolute atomic E-state index is 0.0255. The van der Waals surface area contributed by atoms with E-state index in [0.717, 1.165) is 21.6 Å². The summed E-state index contributed by atoms with van der Waals surface area (Å²) >= 11 is 0. The molecule has 0 radical (unpaired) electrons. The molecule has 0 bridgehead atoms. The van der Waals surface area contributed by atoms with Crippen molar-refractivity contribution in [3.05, 3.63) is 108 Å². The van der Waals surface area contributed by atoms with Crippen LogP contribution >= 0.6 is 0 Å². The Kier molecular flexibility index (Phi) is 5.12. The first-order valence-electron chi connectivity index (χ1n) is 12.7. The zero-order valence-corrected chi connectivity index (χ0v) is 21.1. The Hall–Kier alpha value is -4.99. The molecule has 2 amide bonds. The van der Waals surface area contributed by atoms with Crippen LogP contribution in [0.5, 0.6) is 0 Å². The highest BCUT2D eigenvalue weighted by molar-refractivity contribution is 6.08. The van der Waals surface area contributed by atoms with Crippen LogP contribution in [0.15, 0.2) is 79.8 Å². The Morgan fingerprint density at radius 1 is 1.00 bits per heavy atom. The molecule has 10 heteroatoms. The molecule has 1 unspecified atom stereocenters. The van der Waals surface area contributed by atoms with Crippen LogP contribution in [0.2, 0.25) is 0 Å². The number of nitrogens with zero attached hydrogens (tertiary/aromatic N) is 4. The van der Waals surface area contributed by atoms with Gasteiger partial charge in [0, 0.05) is 34.7 Å². The minimum atomic E-state index is -3.27. The van der Waals surface area contributed by atoms with Gasteiger partial charge in [-0.25, -0.2) is 15.0 Å². The van der Waals surface area contributed by atoms with E-state index in [1.165, 1.54) is 18.5 Å². The number of anilines is 4. The van der Waals surface area contributed by atoms with Crippen LogP contribution in [0.3, 0.4) is 0 Å². The van der Waals surface area contributed by atoms with E-state index in [9.17, 15) is 18.4 Å². The van der Waals surface area contributed by atoms with Crippen molar-refractivity contribution in [3.63, 3.8) is 0 Å². The largest absolute Gasteiger partial charge is 0.340 e. The monoisotopic (exact) mass is 536 g/mol. The highest BCUT2D eigenvalue weighted by Gasteiger charge is 2.51. The van der Waals surface area contributed by atoms with Crippen LogP contribution in [0.4, 0.5) is 31.8 Å². The second-order valence-electron chi connectivity index (χ2n) is 10.3. The summed E-state index contributed by atoms with van der Waals surface area (Å²) in [6, 6.07) is 17.5. The maximum atomic E-state index is 14.7. The van der Waals surface area contributed by atoms with Crippen LogP contribution < -0.4 is 15.5 Å². The molecule has 198 valence electrons. The molecular weight excluding hydrogens is 514 g/mol. The van der Waals surface area contributed by atoms with Crippen molar-refractivity contribution in [2.24, 2.45) is 0 Å². The SMILES string of the molecule is C=C1c2ccccc2N(C(=O)c2cc(Nc3ccc4c(c3)CC3(C4)C(=O)Nc4ncccc43)ncn2)CC1(F)F. The van der Waals surface area contributed by atoms with Crippen LogP contribution in [0.1, 0.15) is 32.7 Å². The smallest absolute Gasteiger partial charge is 0.290 e. The van der Waals surface area contributed by atoms with Crippen molar-refractivity contribution in [2.75, 3.05) is 22.1 Å². The van der Waals surface area contributed by atoms with Crippen molar-refractivity contribution < 1.29 is 18.4 Å². The average molecular weight is 537 g/mol. The second kappa shape index (κ2) is 8.51. The van der Waals surface area contributed by atoms with Crippen LogP contribution in [-0.2, 0) is 23.1 Å². The number of benzene rings is 2. The molecule has 0 fully saturated rings. The first-order chi connectivity index (χ1) is 19.2. The van der Waals surface area contributed by atoms with Gasteiger partial charge >= 0.3 is 0 Å². The van der Waals surface area contributed by atoms with Gasteiger partial charge in [-0.05, 0) is 48.2 Å². The summed E-state index contributed by atoms with van der Waals surface area (Å²) in [5.74, 6) is -3.05. The van der Waals surface area contributed by atoms with Gasteiger partial charge in [0.25, 0.3) is 11.8 Å². The predicted molar refractivity (Wildman–Crippen MR) is 146 cm³/mol. The number of hydrogen-bond donors (Lipinski definition) is 2. The van der Waals surface area contributed by atoms with Crippen molar-refractivity contribution in [1.29, 1.82) is 0 Å². The molecule has 2 aliphatic heterocycles. The molecule has 8 nitrogen and oxygen atoms in total. The molecule has 1 atom stereocenters. The second-order valence-corrected chi connectivity index (χ2v) is 10.3. The molecule has 2 aromatic carbocycles. The van der Waals surface area contributed by atoms with E-state index in [4.69, 9.17) is 0 Å². The van der Waals surface area contributed by atoms with Gasteiger partial charge < -0.3 is 10.6 Å². The van der Waals surface area contributed by atoms with E-state index in [1.54, 1.807) is 24.4 Å². The van der Waals surface area contributed by atoms with E-state index in [2.05, 4.69) is 32.2 Å². The lowest BCUT2D eigenvalue weighted by Gasteiger charge is -2.35. The summed E-state index contributed by atoms with van der Waals surface area (Å²) in [6.07, 6.45) is 3.99. The molecule has 1 aliphatic carbocycles. The lowest BCUT2D eigenvalue weighted by molar-refractivity contribution is -0.120. The molecule has 3 aliphatic rings. The highest BCUT2D eigenvalue weighted by atomic mass is 19.3. The molecular formula is C30H22F2N6O2. The summed E-state index contributed by atoms with van der Waals surface area (Å²) in [4.78, 5) is 40.0. The first-order valence-corrected chi connectivity index (χ1v) is 12.7. The maximum Gasteiger partial charge on any atom is 0.290 e. The normalized spacial score (nSPS) is 20.1. The number of nitrogens with one attached hydrogen (secondary N) is 2. The molecule has 1 spiro atoms. The molecule has 4 heterocycles. The van der Waals surface area contributed by atoms with E-state index < -0.39 is 23.8 Å². The lowest BCUT2D eigenvalue weighted by atomic mass is 9.79. The fourth-order valence-corrected chi connectivity index (χ4v) is 5.90. The Morgan fingerprint density at radius 2 is 1.82 bits per heavy atom. The Balaban J connectivity index is 1.15. The van der Waals surface area contributed by atoms with Crippen molar-refractivity contribution in [2.45, 2.75) is 24.2 Å². The number of alkyl halides is 2. The van der Waals surface area contributed by atoms with Crippen molar-refractivity contribution in [3.8, 4) is 0 Å². The summed E-state index contributed by atoms with van der Waals surface area (Å²) in [5.41, 5.74) is 3.27. The van der Waals surface area contributed by atoms with Crippen LogP contribution in [0.25, 0.3) is 5.57 Å². The Labute approximate surface area is 227 Å². The van der Waals surface area contributed by atoms with Gasteiger partial charge in [-0.15, -0.1) is 0 Å². The molecule has 2 aromatic heterocycles. The zero-order chi connectivity index (χ0) is 27.6. The summed E-state index contributed by atoms with van der Waals surface area (Å²) in [7, 11) is 0. The van der Waals surface area contributed by atoms with Gasteiger partial charge in [-0.2, -0.15) is 8.78 Å². The third kappa shape index (κ3) is 3.59. The van der Waals surface area contributed by atoms with Gasteiger partial charge in [0.05, 0.1) is 17.6 Å². The number of rotatable bonds is 3. The summed E-state index contributed by atoms with van der Waals surface area (Å²) < 4.78 is 29.5. The minimum Gasteiger partial charge on any atom is -0.340 e. The Morgan fingerprint density at radius 3 is 2.70 bits per heavy atom. The number of fused-ring (bicyclic) bond motifs is 4. The number of hydrogen-bond acceptors (Lipinski definition) is 6. The third-order valence-electron chi connectivity index (χ3n) is 7.90. The molecule has 2 N–H and O–H groups in total. The van der Waals surface area contributed by atoms with Gasteiger partial charge in [0.1, 0.15) is 23.7 Å². The summed E-state index contributed by atoms with van der Waals surface area (Å²) in [5, 5.41) is 6.09. The van der Waals surface area contributed by atoms with Gasteiger partial charge in [-0.1, -0.05) is 36.9 Å².